The molecule has 0 spiro atoms. The van der Waals surface area contributed by atoms with E-state index in [2.05, 4.69) is 10.1 Å². The highest BCUT2D eigenvalue weighted by Gasteiger charge is 2.16. The van der Waals surface area contributed by atoms with E-state index in [1.807, 2.05) is 6.92 Å². The van der Waals surface area contributed by atoms with Gasteiger partial charge in [-0.2, -0.15) is 5.10 Å². The van der Waals surface area contributed by atoms with Crippen molar-refractivity contribution in [3.05, 3.63) is 46.0 Å². The fraction of sp³-hybridized carbons (Fsp3) is 0.385. The van der Waals surface area contributed by atoms with Gasteiger partial charge in [-0.05, 0) is 19.9 Å². The summed E-state index contributed by atoms with van der Waals surface area (Å²) in [6, 6.07) is 4.13. The van der Waals surface area contributed by atoms with Gasteiger partial charge in [0.25, 0.3) is 5.69 Å². The van der Waals surface area contributed by atoms with Gasteiger partial charge in [0, 0.05) is 24.2 Å². The molecule has 2 rings (SSSR count). The molecule has 0 unspecified atom stereocenters. The van der Waals surface area contributed by atoms with Gasteiger partial charge >= 0.3 is 0 Å². The van der Waals surface area contributed by atoms with Gasteiger partial charge in [-0.15, -0.1) is 0 Å². The van der Waals surface area contributed by atoms with Crippen LogP contribution in [-0.4, -0.2) is 24.8 Å². The summed E-state index contributed by atoms with van der Waals surface area (Å²) in [5.41, 5.74) is 0.279. The van der Waals surface area contributed by atoms with Gasteiger partial charge in [0.05, 0.1) is 11.0 Å². The van der Waals surface area contributed by atoms with Crippen molar-refractivity contribution in [3.63, 3.8) is 0 Å². The largest absolute Gasteiger partial charge is 0.485 e. The lowest BCUT2D eigenvalue weighted by Gasteiger charge is -2.13. The molecule has 0 saturated heterocycles. The number of hydrogen-bond acceptors (Lipinski definition) is 6. The van der Waals surface area contributed by atoms with Crippen molar-refractivity contribution in [1.29, 1.82) is 0 Å². The molecule has 0 radical (unpaired) electrons. The van der Waals surface area contributed by atoms with E-state index < -0.39 is 11.0 Å². The van der Waals surface area contributed by atoms with Gasteiger partial charge in [-0.1, -0.05) is 0 Å². The molecule has 0 aliphatic heterocycles. The Morgan fingerprint density at radius 1 is 1.52 bits per heavy atom. The molecule has 0 aliphatic carbocycles. The molecule has 1 aromatic heterocycles. The van der Waals surface area contributed by atoms with Crippen LogP contribution in [-0.2, 0) is 13.2 Å². The molecule has 0 amide bonds. The lowest BCUT2D eigenvalue weighted by atomic mass is 10.1. The predicted octanol–water partition coefficient (Wildman–Crippen LogP) is 1.84. The number of hydrogen-bond donors (Lipinski definition) is 1. The molecule has 0 aliphatic rings. The first-order chi connectivity index (χ1) is 10.0. The summed E-state index contributed by atoms with van der Waals surface area (Å²) < 4.78 is 7.30. The molecule has 8 heteroatoms. The monoisotopic (exact) mass is 292 g/mol. The zero-order valence-electron chi connectivity index (χ0n) is 11.8. The molecular weight excluding hydrogens is 276 g/mol. The van der Waals surface area contributed by atoms with Crippen LogP contribution >= 0.6 is 0 Å². The van der Waals surface area contributed by atoms with Crippen LogP contribution in [0.1, 0.15) is 31.3 Å². The lowest BCUT2D eigenvalue weighted by molar-refractivity contribution is -0.385. The summed E-state index contributed by atoms with van der Waals surface area (Å²) in [5, 5.41) is 24.5. The van der Waals surface area contributed by atoms with Crippen LogP contribution < -0.4 is 4.74 Å². The van der Waals surface area contributed by atoms with E-state index in [1.54, 1.807) is 4.68 Å². The van der Waals surface area contributed by atoms with Gasteiger partial charge in [0.1, 0.15) is 18.7 Å². The number of ether oxygens (including phenoxy) is 1. The zero-order valence-corrected chi connectivity index (χ0v) is 11.8. The maximum Gasteiger partial charge on any atom is 0.270 e. The normalized spacial score (nSPS) is 12.1. The standard InChI is InChI=1S/C13H16N4O4/c1-3-16-13(14-8-15-16)7-21-12-5-4-10(17(19)20)6-11(12)9(2)18/h4-6,8-9,18H,3,7H2,1-2H3/t9-/m1/s1. The van der Waals surface area contributed by atoms with E-state index in [4.69, 9.17) is 4.74 Å². The number of rotatable bonds is 6. The first-order valence-electron chi connectivity index (χ1n) is 6.48. The van der Waals surface area contributed by atoms with E-state index in [0.717, 1.165) is 0 Å². The number of nitrogens with zero attached hydrogens (tertiary/aromatic N) is 4. The number of aliphatic hydroxyl groups excluding tert-OH is 1. The average molecular weight is 292 g/mol. The Labute approximate surface area is 121 Å². The average Bonchev–Trinajstić information content (AvgIpc) is 2.92. The van der Waals surface area contributed by atoms with Crippen LogP contribution in [0.4, 0.5) is 5.69 Å². The lowest BCUT2D eigenvalue weighted by Crippen LogP contribution is -2.08. The highest BCUT2D eigenvalue weighted by molar-refractivity contribution is 5.44. The van der Waals surface area contributed by atoms with Gasteiger partial charge in [0.2, 0.25) is 0 Å². The van der Waals surface area contributed by atoms with Crippen LogP contribution in [0.2, 0.25) is 0 Å². The van der Waals surface area contributed by atoms with Crippen molar-refractivity contribution in [2.24, 2.45) is 0 Å². The number of aliphatic hydroxyl groups is 1. The van der Waals surface area contributed by atoms with E-state index in [-0.39, 0.29) is 12.3 Å². The molecule has 1 N–H and O–H groups in total. The van der Waals surface area contributed by atoms with Crippen LogP contribution in [0.3, 0.4) is 0 Å². The van der Waals surface area contributed by atoms with Gasteiger partial charge in [0.15, 0.2) is 5.82 Å². The van der Waals surface area contributed by atoms with E-state index in [0.29, 0.717) is 23.7 Å². The Morgan fingerprint density at radius 2 is 2.29 bits per heavy atom. The van der Waals surface area contributed by atoms with Gasteiger partial charge in [-0.25, -0.2) is 9.67 Å². The predicted molar refractivity (Wildman–Crippen MR) is 73.8 cm³/mol. The molecule has 0 fully saturated rings. The molecule has 21 heavy (non-hydrogen) atoms. The Kier molecular flexibility index (Phi) is 4.49. The zero-order chi connectivity index (χ0) is 15.4. The third-order valence-corrected chi connectivity index (χ3v) is 3.01. The quantitative estimate of drug-likeness (QED) is 0.643. The highest BCUT2D eigenvalue weighted by Crippen LogP contribution is 2.29. The molecule has 1 atom stereocenters. The van der Waals surface area contributed by atoms with E-state index in [9.17, 15) is 15.2 Å². The Balaban J connectivity index is 2.21. The Bertz CT molecular complexity index is 639. The molecule has 112 valence electrons. The number of non-ortho nitro benzene ring substituents is 1. The van der Waals surface area contributed by atoms with Crippen molar-refractivity contribution in [3.8, 4) is 5.75 Å². The number of nitro benzene ring substituents is 1. The highest BCUT2D eigenvalue weighted by atomic mass is 16.6. The summed E-state index contributed by atoms with van der Waals surface area (Å²) in [5.74, 6) is 1.04. The molecule has 0 bridgehead atoms. The van der Waals surface area contributed by atoms with Crippen LogP contribution in [0.5, 0.6) is 5.75 Å². The van der Waals surface area contributed by atoms with Crippen molar-refractivity contribution in [2.45, 2.75) is 33.1 Å². The van der Waals surface area contributed by atoms with Crippen molar-refractivity contribution >= 4 is 5.69 Å². The first kappa shape index (κ1) is 14.9. The number of aromatic nitrogens is 3. The summed E-state index contributed by atoms with van der Waals surface area (Å²) in [6.45, 7) is 4.30. The Morgan fingerprint density at radius 3 is 2.90 bits per heavy atom. The minimum atomic E-state index is -0.871. The minimum Gasteiger partial charge on any atom is -0.485 e. The van der Waals surface area contributed by atoms with Crippen molar-refractivity contribution in [1.82, 2.24) is 14.8 Å². The van der Waals surface area contributed by atoms with Crippen LogP contribution in [0.15, 0.2) is 24.5 Å². The van der Waals surface area contributed by atoms with E-state index >= 15 is 0 Å². The summed E-state index contributed by atoms with van der Waals surface area (Å²) in [4.78, 5) is 14.3. The maximum absolute atomic E-state index is 10.8. The molecule has 8 nitrogen and oxygen atoms in total. The van der Waals surface area contributed by atoms with Crippen molar-refractivity contribution < 1.29 is 14.8 Å². The summed E-state index contributed by atoms with van der Waals surface area (Å²) >= 11 is 0. The molecule has 0 saturated carbocycles. The third-order valence-electron chi connectivity index (χ3n) is 3.01. The topological polar surface area (TPSA) is 103 Å². The van der Waals surface area contributed by atoms with E-state index in [1.165, 1.54) is 31.5 Å². The maximum atomic E-state index is 10.8. The second-order valence-corrected chi connectivity index (χ2v) is 4.44. The smallest absolute Gasteiger partial charge is 0.270 e. The molecule has 2 aromatic rings. The number of benzene rings is 1. The molecule has 1 aromatic carbocycles. The van der Waals surface area contributed by atoms with Crippen LogP contribution in [0, 0.1) is 10.1 Å². The summed E-state index contributed by atoms with van der Waals surface area (Å²) in [6.07, 6.45) is 0.567. The number of aryl methyl sites for hydroxylation is 1. The second-order valence-electron chi connectivity index (χ2n) is 4.44. The second kappa shape index (κ2) is 6.31. The van der Waals surface area contributed by atoms with Crippen LogP contribution in [0.25, 0.3) is 0 Å². The molecular formula is C13H16N4O4. The minimum absolute atomic E-state index is 0.0880. The molecule has 1 heterocycles. The fourth-order valence-electron chi connectivity index (χ4n) is 1.91. The van der Waals surface area contributed by atoms with Gasteiger partial charge in [-0.3, -0.25) is 10.1 Å². The SMILES string of the molecule is CCn1ncnc1COc1ccc([N+](=O)[O-])cc1[C@@H](C)O. The van der Waals surface area contributed by atoms with Crippen molar-refractivity contribution in [2.75, 3.05) is 0 Å². The third kappa shape index (κ3) is 3.34. The first-order valence-corrected chi connectivity index (χ1v) is 6.48. The fourth-order valence-corrected chi connectivity index (χ4v) is 1.91. The Hall–Kier alpha value is -2.48. The van der Waals surface area contributed by atoms with Gasteiger partial charge < -0.3 is 9.84 Å². The summed E-state index contributed by atoms with van der Waals surface area (Å²) in [7, 11) is 0. The number of nitro groups is 1.